The summed E-state index contributed by atoms with van der Waals surface area (Å²) in [6.07, 6.45) is 4.04. The van der Waals surface area contributed by atoms with Crippen molar-refractivity contribution in [1.82, 2.24) is 10.2 Å². The van der Waals surface area contributed by atoms with E-state index in [4.69, 9.17) is 0 Å². The van der Waals surface area contributed by atoms with Crippen LogP contribution in [-0.4, -0.2) is 37.1 Å². The van der Waals surface area contributed by atoms with E-state index in [1.54, 1.807) is 0 Å². The van der Waals surface area contributed by atoms with E-state index in [9.17, 15) is 0 Å². The Morgan fingerprint density at radius 1 is 1.36 bits per heavy atom. The van der Waals surface area contributed by atoms with Crippen molar-refractivity contribution in [2.24, 2.45) is 5.92 Å². The van der Waals surface area contributed by atoms with E-state index in [1.165, 1.54) is 32.4 Å². The molecule has 14 heavy (non-hydrogen) atoms. The van der Waals surface area contributed by atoms with Crippen LogP contribution in [0.4, 0.5) is 0 Å². The molecule has 2 heteroatoms. The molecule has 1 saturated carbocycles. The summed E-state index contributed by atoms with van der Waals surface area (Å²) in [5.41, 5.74) is 0. The van der Waals surface area contributed by atoms with E-state index < -0.39 is 0 Å². The maximum atomic E-state index is 3.61. The smallest absolute Gasteiger partial charge is 0.0102 e. The summed E-state index contributed by atoms with van der Waals surface area (Å²) in [6.45, 7) is 9.34. The third kappa shape index (κ3) is 3.97. The minimum absolute atomic E-state index is 0.696. The van der Waals surface area contributed by atoms with Crippen LogP contribution in [0.1, 0.15) is 40.0 Å². The summed E-state index contributed by atoms with van der Waals surface area (Å²) in [7, 11) is 2.24. The van der Waals surface area contributed by atoms with Crippen molar-refractivity contribution in [3.63, 3.8) is 0 Å². The first-order valence-electron chi connectivity index (χ1n) is 6.08. The molecule has 0 amide bonds. The molecule has 1 rings (SSSR count). The molecule has 84 valence electrons. The van der Waals surface area contributed by atoms with Crippen molar-refractivity contribution >= 4 is 0 Å². The first kappa shape index (κ1) is 12.0. The highest BCUT2D eigenvalue weighted by Crippen LogP contribution is 2.19. The highest BCUT2D eigenvalue weighted by molar-refractivity contribution is 4.83. The normalized spacial score (nSPS) is 21.2. The van der Waals surface area contributed by atoms with Gasteiger partial charge in [-0.15, -0.1) is 0 Å². The lowest BCUT2D eigenvalue weighted by molar-refractivity contribution is 0.196. The fraction of sp³-hybridized carbons (Fsp3) is 1.00. The Bertz CT molecular complexity index is 154. The predicted octanol–water partition coefficient (Wildman–Crippen LogP) is 2.10. The van der Waals surface area contributed by atoms with Gasteiger partial charge in [0.05, 0.1) is 0 Å². The second kappa shape index (κ2) is 5.72. The van der Waals surface area contributed by atoms with Gasteiger partial charge >= 0.3 is 0 Å². The van der Waals surface area contributed by atoms with Gasteiger partial charge in [-0.2, -0.15) is 0 Å². The third-order valence-electron chi connectivity index (χ3n) is 3.40. The molecule has 0 aromatic rings. The second-order valence-corrected chi connectivity index (χ2v) is 4.88. The summed E-state index contributed by atoms with van der Waals surface area (Å²) in [5, 5.41) is 3.61. The van der Waals surface area contributed by atoms with Gasteiger partial charge in [-0.3, -0.25) is 0 Å². The zero-order valence-corrected chi connectivity index (χ0v) is 10.2. The molecule has 0 bridgehead atoms. The lowest BCUT2D eigenvalue weighted by atomic mass is 10.0. The summed E-state index contributed by atoms with van der Waals surface area (Å²) < 4.78 is 0. The molecule has 0 spiro atoms. The zero-order chi connectivity index (χ0) is 10.6. The van der Waals surface area contributed by atoms with Crippen LogP contribution in [0.2, 0.25) is 0 Å². The van der Waals surface area contributed by atoms with Crippen LogP contribution in [-0.2, 0) is 0 Å². The lowest BCUT2D eigenvalue weighted by Crippen LogP contribution is -2.39. The van der Waals surface area contributed by atoms with Crippen molar-refractivity contribution in [2.75, 3.05) is 20.1 Å². The maximum absolute atomic E-state index is 3.61. The Balaban J connectivity index is 2.15. The van der Waals surface area contributed by atoms with Gasteiger partial charge < -0.3 is 10.2 Å². The Morgan fingerprint density at radius 3 is 2.50 bits per heavy atom. The van der Waals surface area contributed by atoms with E-state index in [0.717, 1.165) is 12.0 Å². The van der Waals surface area contributed by atoms with Crippen molar-refractivity contribution in [1.29, 1.82) is 0 Å². The summed E-state index contributed by atoms with van der Waals surface area (Å²) in [5.74, 6) is 0.757. The standard InChI is InChI=1S/C12H26N2/c1-5-8-14(4)11(3)10(2)9-13-12-6-7-12/h10-13H,5-9H2,1-4H3. The van der Waals surface area contributed by atoms with Gasteiger partial charge in [-0.1, -0.05) is 13.8 Å². The van der Waals surface area contributed by atoms with E-state index in [1.807, 2.05) is 0 Å². The van der Waals surface area contributed by atoms with E-state index in [0.29, 0.717) is 6.04 Å². The molecular weight excluding hydrogens is 172 g/mol. The molecule has 2 atom stereocenters. The van der Waals surface area contributed by atoms with Crippen LogP contribution in [0.15, 0.2) is 0 Å². The van der Waals surface area contributed by atoms with Gasteiger partial charge in [0.25, 0.3) is 0 Å². The molecule has 0 heterocycles. The number of nitrogens with zero attached hydrogens (tertiary/aromatic N) is 1. The van der Waals surface area contributed by atoms with Crippen LogP contribution in [0.25, 0.3) is 0 Å². The van der Waals surface area contributed by atoms with Gasteiger partial charge in [0.15, 0.2) is 0 Å². The summed E-state index contributed by atoms with van der Waals surface area (Å²) in [6, 6.07) is 1.54. The van der Waals surface area contributed by atoms with E-state index >= 15 is 0 Å². The molecule has 0 saturated heterocycles. The third-order valence-corrected chi connectivity index (χ3v) is 3.40. The quantitative estimate of drug-likeness (QED) is 0.674. The van der Waals surface area contributed by atoms with Crippen LogP contribution in [0.5, 0.6) is 0 Å². The van der Waals surface area contributed by atoms with E-state index in [2.05, 4.69) is 38.0 Å². The molecule has 1 N–H and O–H groups in total. The van der Waals surface area contributed by atoms with Crippen LogP contribution < -0.4 is 5.32 Å². The Hall–Kier alpha value is -0.0800. The van der Waals surface area contributed by atoms with Crippen LogP contribution in [0.3, 0.4) is 0 Å². The molecule has 2 unspecified atom stereocenters. The fourth-order valence-corrected chi connectivity index (χ4v) is 1.80. The molecular formula is C12H26N2. The topological polar surface area (TPSA) is 15.3 Å². The SMILES string of the molecule is CCCN(C)C(C)C(C)CNC1CC1. The van der Waals surface area contributed by atoms with Gasteiger partial charge in [-0.25, -0.2) is 0 Å². The summed E-state index contributed by atoms with van der Waals surface area (Å²) >= 11 is 0. The maximum Gasteiger partial charge on any atom is 0.0102 e. The zero-order valence-electron chi connectivity index (χ0n) is 10.2. The molecule has 2 nitrogen and oxygen atoms in total. The number of hydrogen-bond donors (Lipinski definition) is 1. The van der Waals surface area contributed by atoms with Crippen LogP contribution in [0, 0.1) is 5.92 Å². The molecule has 1 fully saturated rings. The average Bonchev–Trinajstić information content (AvgIpc) is 2.97. The van der Waals surface area contributed by atoms with Gasteiger partial charge in [-0.05, 0) is 52.2 Å². The summed E-state index contributed by atoms with van der Waals surface area (Å²) in [4.78, 5) is 2.47. The number of nitrogens with one attached hydrogen (secondary N) is 1. The molecule has 0 aromatic heterocycles. The predicted molar refractivity (Wildman–Crippen MR) is 62.6 cm³/mol. The first-order valence-corrected chi connectivity index (χ1v) is 6.08. The second-order valence-electron chi connectivity index (χ2n) is 4.88. The molecule has 0 radical (unpaired) electrons. The Morgan fingerprint density at radius 2 is 2.00 bits per heavy atom. The minimum atomic E-state index is 0.696. The molecule has 0 aliphatic heterocycles. The largest absolute Gasteiger partial charge is 0.314 e. The number of rotatable bonds is 7. The van der Waals surface area contributed by atoms with Crippen LogP contribution >= 0.6 is 0 Å². The van der Waals surface area contributed by atoms with Gasteiger partial charge in [0.2, 0.25) is 0 Å². The monoisotopic (exact) mass is 198 g/mol. The average molecular weight is 198 g/mol. The van der Waals surface area contributed by atoms with Crippen molar-refractivity contribution in [3.8, 4) is 0 Å². The fourth-order valence-electron chi connectivity index (χ4n) is 1.80. The van der Waals surface area contributed by atoms with Crippen molar-refractivity contribution < 1.29 is 0 Å². The Labute approximate surface area is 89.1 Å². The molecule has 0 aromatic carbocycles. The van der Waals surface area contributed by atoms with Gasteiger partial charge in [0, 0.05) is 12.1 Å². The molecule has 1 aliphatic carbocycles. The number of hydrogen-bond acceptors (Lipinski definition) is 2. The Kier molecular flexibility index (Phi) is 4.90. The lowest BCUT2D eigenvalue weighted by Gasteiger charge is -2.29. The molecule has 1 aliphatic rings. The highest BCUT2D eigenvalue weighted by Gasteiger charge is 2.23. The first-order chi connectivity index (χ1) is 6.65. The van der Waals surface area contributed by atoms with Crippen molar-refractivity contribution in [2.45, 2.75) is 52.1 Å². The minimum Gasteiger partial charge on any atom is -0.314 e. The van der Waals surface area contributed by atoms with E-state index in [-0.39, 0.29) is 0 Å². The highest BCUT2D eigenvalue weighted by atomic mass is 15.1. The van der Waals surface area contributed by atoms with Crippen molar-refractivity contribution in [3.05, 3.63) is 0 Å². The van der Waals surface area contributed by atoms with Gasteiger partial charge in [0.1, 0.15) is 0 Å².